The third-order valence-corrected chi connectivity index (χ3v) is 7.87. The first kappa shape index (κ1) is 27.3. The number of carbonyl (C=O) groups is 1. The Morgan fingerprint density at radius 3 is 1.86 bits per heavy atom. The molecule has 0 aromatic heterocycles. The lowest BCUT2D eigenvalue weighted by molar-refractivity contribution is -0.151. The highest BCUT2D eigenvalue weighted by atomic mass is 79.9. The van der Waals surface area contributed by atoms with Crippen LogP contribution in [0.3, 0.4) is 0 Å². The summed E-state index contributed by atoms with van der Waals surface area (Å²) >= 11 is 6.96. The van der Waals surface area contributed by atoms with Crippen LogP contribution in [-0.2, 0) is 14.9 Å². The second-order valence-corrected chi connectivity index (χ2v) is 11.3. The maximum absolute atomic E-state index is 13.2. The van der Waals surface area contributed by atoms with Crippen LogP contribution in [0.1, 0.15) is 43.1 Å². The lowest BCUT2D eigenvalue weighted by atomic mass is 9.76. The number of aryl methyl sites for hydroxylation is 1. The topological polar surface area (TPSA) is 46.5 Å². The van der Waals surface area contributed by atoms with Gasteiger partial charge in [0.1, 0.15) is 0 Å². The van der Waals surface area contributed by atoms with Crippen molar-refractivity contribution in [2.24, 2.45) is 0 Å². The summed E-state index contributed by atoms with van der Waals surface area (Å²) in [6, 6.07) is 30.2. The van der Waals surface area contributed by atoms with E-state index in [0.29, 0.717) is 0 Å². The molecule has 0 aliphatic heterocycles. The minimum absolute atomic E-state index is 0.209. The summed E-state index contributed by atoms with van der Waals surface area (Å²) in [4.78, 5) is 13.2. The van der Waals surface area contributed by atoms with E-state index in [1.807, 2.05) is 92.7 Å². The highest BCUT2D eigenvalue weighted by Crippen LogP contribution is 2.38. The van der Waals surface area contributed by atoms with Crippen LogP contribution in [0.2, 0.25) is 0 Å². The van der Waals surface area contributed by atoms with Crippen molar-refractivity contribution in [3.05, 3.63) is 117 Å². The van der Waals surface area contributed by atoms with Crippen molar-refractivity contribution >= 4 is 37.8 Å². The van der Waals surface area contributed by atoms with Gasteiger partial charge in [0.05, 0.1) is 18.1 Å². The maximum Gasteiger partial charge on any atom is 0.316 e. The Labute approximate surface area is 235 Å². The maximum atomic E-state index is 13.2. The number of aliphatic hydroxyl groups excluding tert-OH is 1. The summed E-state index contributed by atoms with van der Waals surface area (Å²) < 4.78 is 7.53. The summed E-state index contributed by atoms with van der Waals surface area (Å²) in [5.74, 6) is -0.339. The molecule has 2 unspecified atom stereocenters. The molecule has 0 bridgehead atoms. The number of hydrogen-bond donors (Lipinski definition) is 1. The monoisotopic (exact) mass is 620 g/mol. The number of rotatable bonds is 8. The normalized spacial score (nSPS) is 13.6. The van der Waals surface area contributed by atoms with Crippen LogP contribution in [-0.4, -0.2) is 17.7 Å². The second-order valence-electron chi connectivity index (χ2n) is 9.44. The highest BCUT2D eigenvalue weighted by molar-refractivity contribution is 9.10. The predicted octanol–water partition coefficient (Wildman–Crippen LogP) is 8.80. The van der Waals surface area contributed by atoms with E-state index in [1.165, 1.54) is 0 Å². The van der Waals surface area contributed by atoms with Gasteiger partial charge in [-0.05, 0) is 90.4 Å². The van der Waals surface area contributed by atoms with Gasteiger partial charge in [-0.15, -0.1) is 0 Å². The molecule has 0 aliphatic rings. The Morgan fingerprint density at radius 1 is 0.838 bits per heavy atom. The first-order valence-corrected chi connectivity index (χ1v) is 13.9. The molecule has 2 atom stereocenters. The zero-order valence-electron chi connectivity index (χ0n) is 21.2. The molecular formula is C32H30Br2O3. The number of benzene rings is 4. The first-order chi connectivity index (χ1) is 17.7. The van der Waals surface area contributed by atoms with Gasteiger partial charge >= 0.3 is 5.97 Å². The molecule has 4 aromatic carbocycles. The first-order valence-electron chi connectivity index (χ1n) is 12.3. The highest BCUT2D eigenvalue weighted by Gasteiger charge is 2.39. The number of halogens is 2. The fourth-order valence-corrected chi connectivity index (χ4v) is 5.16. The molecule has 4 aromatic rings. The summed E-state index contributed by atoms with van der Waals surface area (Å²) in [7, 11) is 0. The molecule has 0 radical (unpaired) electrons. The van der Waals surface area contributed by atoms with Crippen molar-refractivity contribution < 1.29 is 14.6 Å². The Bertz CT molecular complexity index is 1360. The Morgan fingerprint density at radius 2 is 1.35 bits per heavy atom. The van der Waals surface area contributed by atoms with E-state index in [0.717, 1.165) is 47.9 Å². The van der Waals surface area contributed by atoms with E-state index in [4.69, 9.17) is 4.74 Å². The molecule has 37 heavy (non-hydrogen) atoms. The van der Waals surface area contributed by atoms with Gasteiger partial charge in [-0.2, -0.15) is 0 Å². The summed E-state index contributed by atoms with van der Waals surface area (Å²) in [5, 5.41) is 11.3. The van der Waals surface area contributed by atoms with Gasteiger partial charge in [0.25, 0.3) is 0 Å². The van der Waals surface area contributed by atoms with E-state index >= 15 is 0 Å². The Balaban J connectivity index is 1.61. The van der Waals surface area contributed by atoms with Gasteiger partial charge in [0, 0.05) is 8.95 Å². The van der Waals surface area contributed by atoms with Crippen LogP contribution in [0, 0.1) is 6.92 Å². The van der Waals surface area contributed by atoms with Crippen molar-refractivity contribution in [2.45, 2.75) is 38.7 Å². The van der Waals surface area contributed by atoms with Crippen molar-refractivity contribution in [1.82, 2.24) is 0 Å². The lowest BCUT2D eigenvalue weighted by Crippen LogP contribution is -2.36. The summed E-state index contributed by atoms with van der Waals surface area (Å²) in [6.07, 6.45) is -0.626. The fourth-order valence-electron chi connectivity index (χ4n) is 4.63. The van der Waals surface area contributed by atoms with E-state index < -0.39 is 11.5 Å². The number of hydrogen-bond acceptors (Lipinski definition) is 3. The molecule has 4 rings (SSSR count). The van der Waals surface area contributed by atoms with Crippen LogP contribution < -0.4 is 0 Å². The van der Waals surface area contributed by atoms with Crippen LogP contribution in [0.15, 0.2) is 99.9 Å². The molecule has 0 fully saturated rings. The van der Waals surface area contributed by atoms with Crippen LogP contribution >= 0.6 is 31.9 Å². The van der Waals surface area contributed by atoms with Crippen LogP contribution in [0.4, 0.5) is 0 Å². The average molecular weight is 622 g/mol. The van der Waals surface area contributed by atoms with Crippen molar-refractivity contribution in [2.75, 3.05) is 6.61 Å². The molecule has 0 saturated heterocycles. The lowest BCUT2D eigenvalue weighted by Gasteiger charge is -2.30. The van der Waals surface area contributed by atoms with Gasteiger partial charge in [-0.25, -0.2) is 0 Å². The Hall–Kier alpha value is -2.73. The smallest absolute Gasteiger partial charge is 0.316 e. The summed E-state index contributed by atoms with van der Waals surface area (Å²) in [5.41, 5.74) is 6.02. The zero-order chi connectivity index (χ0) is 26.6. The van der Waals surface area contributed by atoms with Crippen LogP contribution in [0.5, 0.6) is 0 Å². The second kappa shape index (κ2) is 11.8. The van der Waals surface area contributed by atoms with Crippen molar-refractivity contribution in [1.29, 1.82) is 0 Å². The molecule has 0 saturated carbocycles. The number of ether oxygens (including phenoxy) is 1. The van der Waals surface area contributed by atoms with Crippen molar-refractivity contribution in [3.63, 3.8) is 0 Å². The van der Waals surface area contributed by atoms with Gasteiger partial charge in [0.2, 0.25) is 0 Å². The molecule has 3 nitrogen and oxygen atoms in total. The average Bonchev–Trinajstić information content (AvgIpc) is 2.90. The third-order valence-electron chi connectivity index (χ3n) is 6.82. The number of esters is 1. The number of carbonyl (C=O) groups excluding carboxylic acids is 1. The third kappa shape index (κ3) is 6.23. The quantitative estimate of drug-likeness (QED) is 0.200. The zero-order valence-corrected chi connectivity index (χ0v) is 24.3. The molecule has 0 heterocycles. The van der Waals surface area contributed by atoms with Crippen molar-refractivity contribution in [3.8, 4) is 22.3 Å². The fraction of sp³-hybridized carbons (Fsp3) is 0.219. The van der Waals surface area contributed by atoms with Crippen LogP contribution in [0.25, 0.3) is 22.3 Å². The minimum Gasteiger partial charge on any atom is -0.465 e. The predicted molar refractivity (Wildman–Crippen MR) is 157 cm³/mol. The van der Waals surface area contributed by atoms with Gasteiger partial charge < -0.3 is 9.84 Å². The van der Waals surface area contributed by atoms with E-state index in [9.17, 15) is 9.90 Å². The van der Waals surface area contributed by atoms with Gasteiger partial charge in [-0.1, -0.05) is 98.6 Å². The molecule has 5 heteroatoms. The molecule has 0 amide bonds. The minimum atomic E-state index is -1.01. The molecule has 190 valence electrons. The Kier molecular flexibility index (Phi) is 8.68. The van der Waals surface area contributed by atoms with E-state index in [2.05, 4.69) is 44.0 Å². The van der Waals surface area contributed by atoms with Gasteiger partial charge in [-0.3, -0.25) is 4.79 Å². The molecule has 0 aliphatic carbocycles. The molecular weight excluding hydrogens is 592 g/mol. The number of aliphatic hydroxyl groups is 1. The van der Waals surface area contributed by atoms with E-state index in [-0.39, 0.29) is 19.0 Å². The summed E-state index contributed by atoms with van der Waals surface area (Å²) in [6.45, 7) is 5.98. The largest absolute Gasteiger partial charge is 0.465 e. The van der Waals surface area contributed by atoms with E-state index in [1.54, 1.807) is 6.92 Å². The molecule has 1 N–H and O–H groups in total. The SMILES string of the molecule is CCOC(=O)C(C)(CC(O)c1ccc(-c2ccc(Br)cc2)c(C)c1)c1ccc(-c2ccc(Br)cc2)cc1. The molecule has 0 spiro atoms. The van der Waals surface area contributed by atoms with Gasteiger partial charge in [0.15, 0.2) is 0 Å². The standard InChI is InChI=1S/C32H30Br2O3/c1-4-37-31(36)32(3,26-12-5-22(6-13-26)23-7-14-27(33)15-8-23)20-30(35)25-11-18-29(21(2)19-25)24-9-16-28(34)17-10-24/h5-19,30,35H,4,20H2,1-3H3.